The average molecular weight is 409 g/mol. The van der Waals surface area contributed by atoms with Crippen LogP contribution in [0.15, 0.2) is 47.4 Å². The molecule has 0 unspecified atom stereocenters. The molecule has 2 rings (SSSR count). The molecule has 0 bridgehead atoms. The maximum absolute atomic E-state index is 12.0. The summed E-state index contributed by atoms with van der Waals surface area (Å²) in [5.41, 5.74) is -0.289. The minimum atomic E-state index is -3.85. The van der Waals surface area contributed by atoms with E-state index in [4.69, 9.17) is 14.6 Å². The van der Waals surface area contributed by atoms with Crippen molar-refractivity contribution in [3.63, 3.8) is 0 Å². The summed E-state index contributed by atoms with van der Waals surface area (Å²) in [7, 11) is -2.60. The lowest BCUT2D eigenvalue weighted by Gasteiger charge is -2.08. The third kappa shape index (κ3) is 5.25. The summed E-state index contributed by atoms with van der Waals surface area (Å²) in [6, 6.07) is 8.50. The predicted octanol–water partition coefficient (Wildman–Crippen LogP) is 1.05. The van der Waals surface area contributed by atoms with Crippen molar-refractivity contribution >= 4 is 33.3 Å². The number of amides is 1. The number of hydrogen-bond acceptors (Lipinski definition) is 8. The molecule has 0 heterocycles. The van der Waals surface area contributed by atoms with Gasteiger partial charge in [-0.25, -0.2) is 18.4 Å². The van der Waals surface area contributed by atoms with Crippen LogP contribution in [0.2, 0.25) is 0 Å². The van der Waals surface area contributed by atoms with Crippen LogP contribution in [-0.4, -0.2) is 38.9 Å². The molecule has 12 heteroatoms. The van der Waals surface area contributed by atoms with Crippen molar-refractivity contribution in [3.8, 4) is 5.75 Å². The number of sulfonamides is 1. The highest BCUT2D eigenvalue weighted by Crippen LogP contribution is 2.27. The van der Waals surface area contributed by atoms with Crippen LogP contribution in [0, 0.1) is 10.1 Å². The Hall–Kier alpha value is -3.51. The summed E-state index contributed by atoms with van der Waals surface area (Å²) in [6.45, 7) is -0.657. The number of anilines is 1. The number of carbonyl (C=O) groups excluding carboxylic acids is 2. The molecular weight excluding hydrogens is 394 g/mol. The molecular formula is C16H15N3O8S. The Bertz CT molecular complexity index is 1020. The number of hydrogen-bond donors (Lipinski definition) is 2. The number of esters is 1. The van der Waals surface area contributed by atoms with Gasteiger partial charge in [-0.3, -0.25) is 14.9 Å². The molecule has 0 aliphatic heterocycles. The van der Waals surface area contributed by atoms with Crippen LogP contribution >= 0.6 is 0 Å². The van der Waals surface area contributed by atoms with Gasteiger partial charge in [0.1, 0.15) is 0 Å². The van der Waals surface area contributed by atoms with Gasteiger partial charge >= 0.3 is 11.7 Å². The molecule has 0 saturated heterocycles. The zero-order valence-electron chi connectivity index (χ0n) is 14.4. The number of methoxy groups -OCH3 is 1. The lowest BCUT2D eigenvalue weighted by molar-refractivity contribution is -0.385. The Balaban J connectivity index is 1.98. The molecule has 0 aromatic heterocycles. The van der Waals surface area contributed by atoms with E-state index in [1.54, 1.807) is 0 Å². The molecule has 0 aliphatic rings. The van der Waals surface area contributed by atoms with Crippen molar-refractivity contribution in [2.45, 2.75) is 4.90 Å². The fourth-order valence-electron chi connectivity index (χ4n) is 2.10. The number of nitro benzene ring substituents is 1. The first-order chi connectivity index (χ1) is 13.1. The normalized spacial score (nSPS) is 10.8. The topological polar surface area (TPSA) is 168 Å². The number of benzene rings is 2. The minimum absolute atomic E-state index is 0.0257. The zero-order chi connectivity index (χ0) is 20.9. The van der Waals surface area contributed by atoms with Gasteiger partial charge in [-0.1, -0.05) is 0 Å². The van der Waals surface area contributed by atoms with E-state index >= 15 is 0 Å². The fraction of sp³-hybridized carbons (Fsp3) is 0.125. The van der Waals surface area contributed by atoms with Crippen LogP contribution in [0.1, 0.15) is 10.4 Å². The summed E-state index contributed by atoms with van der Waals surface area (Å²) in [5, 5.41) is 18.3. The van der Waals surface area contributed by atoms with Gasteiger partial charge in [0.2, 0.25) is 10.0 Å². The highest BCUT2D eigenvalue weighted by atomic mass is 32.2. The van der Waals surface area contributed by atoms with Crippen LogP contribution in [0.4, 0.5) is 11.4 Å². The smallest absolute Gasteiger partial charge is 0.338 e. The van der Waals surface area contributed by atoms with E-state index in [0.717, 1.165) is 6.07 Å². The first-order valence-corrected chi connectivity index (χ1v) is 9.08. The second-order valence-corrected chi connectivity index (χ2v) is 6.90. The average Bonchev–Trinajstić information content (AvgIpc) is 2.65. The standard InChI is InChI=1S/C16H15N3O8S/c1-26-14-7-2-10(8-13(14)19(22)23)16(21)27-9-15(20)18-11-3-5-12(6-4-11)28(17,24)25/h2-8H,9H2,1H3,(H,18,20)(H2,17,24,25). The van der Waals surface area contributed by atoms with Crippen LogP contribution in [0.5, 0.6) is 5.75 Å². The predicted molar refractivity (Wildman–Crippen MR) is 96.4 cm³/mol. The van der Waals surface area contributed by atoms with E-state index in [2.05, 4.69) is 5.32 Å². The van der Waals surface area contributed by atoms with Crippen molar-refractivity contribution in [2.24, 2.45) is 5.14 Å². The molecule has 0 spiro atoms. The maximum atomic E-state index is 12.0. The molecule has 1 amide bonds. The number of nitrogens with zero attached hydrogens (tertiary/aromatic N) is 1. The summed E-state index contributed by atoms with van der Waals surface area (Å²) in [6.07, 6.45) is 0. The van der Waals surface area contributed by atoms with Gasteiger partial charge in [-0.2, -0.15) is 0 Å². The van der Waals surface area contributed by atoms with Crippen molar-refractivity contribution in [1.82, 2.24) is 0 Å². The van der Waals surface area contributed by atoms with E-state index < -0.39 is 39.1 Å². The highest BCUT2D eigenvalue weighted by molar-refractivity contribution is 7.89. The first kappa shape index (κ1) is 20.8. The van der Waals surface area contributed by atoms with E-state index in [1.165, 1.54) is 43.5 Å². The number of primary sulfonamides is 1. The summed E-state index contributed by atoms with van der Waals surface area (Å²) < 4.78 is 32.0. The molecule has 0 saturated carbocycles. The van der Waals surface area contributed by atoms with E-state index in [-0.39, 0.29) is 21.9 Å². The van der Waals surface area contributed by atoms with Gasteiger partial charge in [0, 0.05) is 11.8 Å². The molecule has 0 fully saturated rings. The third-order valence-corrected chi connectivity index (χ3v) is 4.34. The number of nitrogens with two attached hydrogens (primary N) is 1. The maximum Gasteiger partial charge on any atom is 0.338 e. The molecule has 2 aromatic rings. The van der Waals surface area contributed by atoms with Gasteiger partial charge in [0.15, 0.2) is 12.4 Å². The number of ether oxygens (including phenoxy) is 2. The Morgan fingerprint density at radius 2 is 1.82 bits per heavy atom. The van der Waals surface area contributed by atoms with E-state index in [1.807, 2.05) is 0 Å². The van der Waals surface area contributed by atoms with Crippen LogP contribution in [0.25, 0.3) is 0 Å². The van der Waals surface area contributed by atoms with Crippen LogP contribution < -0.4 is 15.2 Å². The van der Waals surface area contributed by atoms with Gasteiger partial charge in [-0.15, -0.1) is 0 Å². The quantitative estimate of drug-likeness (QED) is 0.388. The largest absolute Gasteiger partial charge is 0.490 e. The summed E-state index contributed by atoms with van der Waals surface area (Å²) in [4.78, 5) is 34.0. The first-order valence-electron chi connectivity index (χ1n) is 7.54. The molecule has 28 heavy (non-hydrogen) atoms. The van der Waals surface area contributed by atoms with E-state index in [9.17, 15) is 28.1 Å². The van der Waals surface area contributed by atoms with Gasteiger partial charge < -0.3 is 14.8 Å². The Labute approximate surface area is 159 Å². The number of rotatable bonds is 7. The van der Waals surface area contributed by atoms with Crippen LogP contribution in [-0.2, 0) is 19.6 Å². The van der Waals surface area contributed by atoms with Crippen molar-refractivity contribution in [1.29, 1.82) is 0 Å². The monoisotopic (exact) mass is 409 g/mol. The number of nitro groups is 1. The summed E-state index contributed by atoms with van der Waals surface area (Å²) in [5.74, 6) is -1.66. The lowest BCUT2D eigenvalue weighted by atomic mass is 10.2. The Morgan fingerprint density at radius 1 is 1.18 bits per heavy atom. The van der Waals surface area contributed by atoms with E-state index in [0.29, 0.717) is 0 Å². The summed E-state index contributed by atoms with van der Waals surface area (Å²) >= 11 is 0. The second-order valence-electron chi connectivity index (χ2n) is 5.34. The molecule has 0 radical (unpaired) electrons. The zero-order valence-corrected chi connectivity index (χ0v) is 15.3. The highest BCUT2D eigenvalue weighted by Gasteiger charge is 2.19. The fourth-order valence-corrected chi connectivity index (χ4v) is 2.61. The molecule has 0 atom stereocenters. The Morgan fingerprint density at radius 3 is 2.36 bits per heavy atom. The minimum Gasteiger partial charge on any atom is -0.490 e. The molecule has 2 aromatic carbocycles. The van der Waals surface area contributed by atoms with Crippen molar-refractivity contribution in [2.75, 3.05) is 19.0 Å². The number of nitrogens with one attached hydrogen (secondary N) is 1. The molecule has 11 nitrogen and oxygen atoms in total. The lowest BCUT2D eigenvalue weighted by Crippen LogP contribution is -2.21. The SMILES string of the molecule is COc1ccc(C(=O)OCC(=O)Nc2ccc(S(N)(=O)=O)cc2)cc1[N+](=O)[O-]. The van der Waals surface area contributed by atoms with Gasteiger partial charge in [0.05, 0.1) is 22.5 Å². The van der Waals surface area contributed by atoms with Gasteiger partial charge in [0.25, 0.3) is 5.91 Å². The number of carbonyl (C=O) groups is 2. The van der Waals surface area contributed by atoms with Crippen molar-refractivity contribution in [3.05, 3.63) is 58.1 Å². The Kier molecular flexibility index (Phi) is 6.28. The molecule has 0 aliphatic carbocycles. The van der Waals surface area contributed by atoms with Crippen molar-refractivity contribution < 1.29 is 32.4 Å². The van der Waals surface area contributed by atoms with Gasteiger partial charge in [-0.05, 0) is 36.4 Å². The second kappa shape index (κ2) is 8.45. The molecule has 3 N–H and O–H groups in total. The van der Waals surface area contributed by atoms with Crippen LogP contribution in [0.3, 0.4) is 0 Å². The molecule has 148 valence electrons. The third-order valence-electron chi connectivity index (χ3n) is 3.41.